The molecule has 0 fully saturated rings. The van der Waals surface area contributed by atoms with Crippen molar-refractivity contribution in [1.29, 1.82) is 0 Å². The van der Waals surface area contributed by atoms with Gasteiger partial charge in [0.1, 0.15) is 29.4 Å². The molecular weight excluding hydrogens is 883 g/mol. The van der Waals surface area contributed by atoms with Crippen LogP contribution in [0.3, 0.4) is 0 Å². The number of anilines is 4. The summed E-state index contributed by atoms with van der Waals surface area (Å²) in [5.41, 5.74) is 3.89. The highest BCUT2D eigenvalue weighted by atomic mass is 19.1. The van der Waals surface area contributed by atoms with E-state index >= 15 is 0 Å². The number of unbranched alkanes of at least 4 members (excludes halogenated alkanes) is 2. The highest BCUT2D eigenvalue weighted by Gasteiger charge is 2.35. The lowest BCUT2D eigenvalue weighted by Gasteiger charge is -2.12. The van der Waals surface area contributed by atoms with Crippen LogP contribution in [0.1, 0.15) is 83.8 Å². The largest absolute Gasteiger partial charge is 0.472 e. The molecule has 2 aliphatic rings. The summed E-state index contributed by atoms with van der Waals surface area (Å²) in [6.45, 7) is 0.823. The number of carbonyl (C=O) groups is 4. The summed E-state index contributed by atoms with van der Waals surface area (Å²) in [6.07, 6.45) is 4.75. The van der Waals surface area contributed by atoms with Crippen LogP contribution >= 0.6 is 0 Å². The Kier molecular flexibility index (Phi) is 14.6. The number of hydrogen-bond acceptors (Lipinski definition) is 11. The van der Waals surface area contributed by atoms with Crippen LogP contribution < -0.4 is 20.9 Å². The number of H-pyrrole nitrogens is 1. The molecule has 2 aromatic heterocycles. The van der Waals surface area contributed by atoms with Gasteiger partial charge in [-0.25, -0.2) is 18.7 Å². The van der Waals surface area contributed by atoms with Crippen molar-refractivity contribution in [1.82, 2.24) is 29.7 Å². The molecule has 0 unspecified atom stereocenters. The van der Waals surface area contributed by atoms with Gasteiger partial charge in [0.15, 0.2) is 0 Å². The van der Waals surface area contributed by atoms with Gasteiger partial charge in [-0.3, -0.25) is 38.8 Å². The van der Waals surface area contributed by atoms with Gasteiger partial charge in [-0.1, -0.05) is 90.4 Å². The smallest absolute Gasteiger partial charge is 0.268 e. The van der Waals surface area contributed by atoms with Crippen LogP contribution in [-0.2, 0) is 6.61 Å². The predicted octanol–water partition coefficient (Wildman–Crippen LogP) is 8.45. The Bertz CT molecular complexity index is 3200. The molecule has 0 spiro atoms. The number of aromatic amines is 1. The van der Waals surface area contributed by atoms with Crippen LogP contribution in [0, 0.1) is 35.3 Å². The first-order valence-corrected chi connectivity index (χ1v) is 21.7. The van der Waals surface area contributed by atoms with E-state index < -0.39 is 11.4 Å². The number of benzene rings is 5. The molecule has 5 aromatic carbocycles. The van der Waals surface area contributed by atoms with E-state index in [1.165, 1.54) is 46.3 Å². The Balaban J connectivity index is 0.000000190. The van der Waals surface area contributed by atoms with E-state index in [0.29, 0.717) is 64.9 Å². The predicted molar refractivity (Wildman–Crippen MR) is 253 cm³/mol. The molecule has 0 saturated carbocycles. The van der Waals surface area contributed by atoms with E-state index in [-0.39, 0.29) is 72.5 Å². The maximum Gasteiger partial charge on any atom is 0.268 e. The topological polar surface area (TPSA) is 180 Å². The van der Waals surface area contributed by atoms with Crippen LogP contribution in [-0.4, -0.2) is 66.5 Å². The van der Waals surface area contributed by atoms with Crippen LogP contribution in [0.25, 0.3) is 0 Å². The zero-order valence-electron chi connectivity index (χ0n) is 36.7. The van der Waals surface area contributed by atoms with Gasteiger partial charge < -0.3 is 15.4 Å². The quantitative estimate of drug-likeness (QED) is 0.0574. The van der Waals surface area contributed by atoms with Crippen molar-refractivity contribution in [2.75, 3.05) is 23.7 Å². The summed E-state index contributed by atoms with van der Waals surface area (Å²) < 4.78 is 32.8. The lowest BCUT2D eigenvalue weighted by Crippen LogP contribution is -2.30. The normalized spacial score (nSPS) is 12.2. The van der Waals surface area contributed by atoms with Gasteiger partial charge in [0, 0.05) is 37.3 Å². The van der Waals surface area contributed by atoms with E-state index in [0.717, 1.165) is 5.56 Å². The Hall–Kier alpha value is -9.28. The molecule has 69 heavy (non-hydrogen) atoms. The van der Waals surface area contributed by atoms with Crippen LogP contribution in [0.4, 0.5) is 32.1 Å². The number of ether oxygens (including phenoxy) is 1. The molecule has 4 amide bonds. The van der Waals surface area contributed by atoms with Gasteiger partial charge in [0.2, 0.25) is 17.8 Å². The summed E-state index contributed by atoms with van der Waals surface area (Å²) in [5, 5.41) is 5.79. The summed E-state index contributed by atoms with van der Waals surface area (Å²) in [4.78, 5) is 79.7. The van der Waals surface area contributed by atoms with E-state index in [1.807, 2.05) is 30.3 Å². The van der Waals surface area contributed by atoms with Crippen LogP contribution in [0.15, 0.2) is 145 Å². The highest BCUT2D eigenvalue weighted by Crippen LogP contribution is 2.25. The maximum absolute atomic E-state index is 13.6. The second kappa shape index (κ2) is 21.8. The summed E-state index contributed by atoms with van der Waals surface area (Å²) >= 11 is 0. The number of amides is 4. The van der Waals surface area contributed by atoms with Crippen molar-refractivity contribution in [3.8, 4) is 29.6 Å². The fourth-order valence-corrected chi connectivity index (χ4v) is 7.14. The molecule has 0 bridgehead atoms. The highest BCUT2D eigenvalue weighted by molar-refractivity contribution is 6.22. The van der Waals surface area contributed by atoms with E-state index in [1.54, 1.807) is 72.9 Å². The minimum absolute atomic E-state index is 0.173. The Morgan fingerprint density at radius 1 is 0.565 bits per heavy atom. The second-order valence-electron chi connectivity index (χ2n) is 15.4. The van der Waals surface area contributed by atoms with Gasteiger partial charge in [-0.15, -0.1) is 0 Å². The summed E-state index contributed by atoms with van der Waals surface area (Å²) in [7, 11) is 0. The Morgan fingerprint density at radius 3 is 1.58 bits per heavy atom. The van der Waals surface area contributed by atoms with Gasteiger partial charge in [-0.05, 0) is 79.1 Å². The average molecular weight is 923 g/mol. The number of rotatable bonds is 13. The first-order chi connectivity index (χ1) is 33.6. The van der Waals surface area contributed by atoms with Gasteiger partial charge in [0.25, 0.3) is 29.2 Å². The molecule has 14 nitrogen and oxygen atoms in total. The number of halogens is 2. The van der Waals surface area contributed by atoms with Crippen LogP contribution in [0.2, 0.25) is 0 Å². The molecular formula is C53H40F2N8O6. The molecule has 7 aromatic rings. The standard InChI is InChI=1S/C30H23FN4O3.C23H17FN4O3/c31-23-13-9-14-24(18-23)33-30-32-19-22(27(34-30)38-20-21-10-3-1-4-11-21)12-5-2-8-17-35-28(36)25-15-6-7-16-26(25)29(35)37;24-16-8-6-9-17(13-16)26-23-25-14-15(20(29)27-23)7-2-1-5-12-28-21(30)18-10-3-4-11-19(18)22(28)31/h1,3-4,6-7,9-11,13-16,18-19H,2,8,17,20H2,(H,32,33,34);3-4,6,8-11,13-14H,1,5,12H2,(H2,25,26,27,29). The summed E-state index contributed by atoms with van der Waals surface area (Å²) in [5.74, 6) is 10.5. The molecule has 0 radical (unpaired) electrons. The van der Waals surface area contributed by atoms with E-state index in [2.05, 4.69) is 54.3 Å². The SMILES string of the molecule is O=C1c2ccccc2C(=O)N1CCCC#Cc1cnc(Nc2cccc(F)c2)[nH]c1=O.O=C1c2ccccc2C(=O)N1CCCC#Cc1cnc(Nc2cccc(F)c2)nc1OCc1ccccc1. The first-order valence-electron chi connectivity index (χ1n) is 21.7. The van der Waals surface area contributed by atoms with Crippen molar-refractivity contribution < 1.29 is 32.7 Å². The zero-order valence-corrected chi connectivity index (χ0v) is 36.7. The third-order valence-electron chi connectivity index (χ3n) is 10.5. The molecule has 0 atom stereocenters. The number of fused-ring (bicyclic) bond motifs is 2. The molecule has 4 heterocycles. The lowest BCUT2D eigenvalue weighted by molar-refractivity contribution is 0.0637. The van der Waals surface area contributed by atoms with Crippen molar-refractivity contribution in [2.24, 2.45) is 0 Å². The third-order valence-corrected chi connectivity index (χ3v) is 10.5. The van der Waals surface area contributed by atoms with Gasteiger partial charge in [-0.2, -0.15) is 4.98 Å². The van der Waals surface area contributed by atoms with Crippen LogP contribution in [0.5, 0.6) is 5.88 Å². The molecule has 0 saturated heterocycles. The Morgan fingerprint density at radius 2 is 1.06 bits per heavy atom. The zero-order chi connectivity index (χ0) is 48.1. The van der Waals surface area contributed by atoms with Crippen molar-refractivity contribution >= 4 is 46.9 Å². The number of aromatic nitrogens is 4. The van der Waals surface area contributed by atoms with Gasteiger partial charge in [0.05, 0.1) is 34.6 Å². The summed E-state index contributed by atoms with van der Waals surface area (Å²) in [6, 6.07) is 35.0. The van der Waals surface area contributed by atoms with Crippen molar-refractivity contribution in [3.05, 3.63) is 201 Å². The maximum atomic E-state index is 13.6. The monoisotopic (exact) mass is 922 g/mol. The molecule has 0 aliphatic carbocycles. The molecule has 3 N–H and O–H groups in total. The minimum Gasteiger partial charge on any atom is -0.472 e. The molecule has 2 aliphatic heterocycles. The van der Waals surface area contributed by atoms with Gasteiger partial charge >= 0.3 is 0 Å². The van der Waals surface area contributed by atoms with Crippen molar-refractivity contribution in [3.63, 3.8) is 0 Å². The molecule has 342 valence electrons. The van der Waals surface area contributed by atoms with Crippen molar-refractivity contribution in [2.45, 2.75) is 32.3 Å². The fraction of sp³-hybridized carbons (Fsp3) is 0.132. The minimum atomic E-state index is -0.429. The first kappa shape index (κ1) is 46.3. The number of imide groups is 2. The van der Waals surface area contributed by atoms with E-state index in [4.69, 9.17) is 4.74 Å². The van der Waals surface area contributed by atoms with E-state index in [9.17, 15) is 32.8 Å². The number of carbonyl (C=O) groups excluding carboxylic acids is 4. The molecule has 16 heteroatoms. The number of nitrogens with one attached hydrogen (secondary N) is 3. The number of nitrogens with zero attached hydrogens (tertiary/aromatic N) is 5. The third kappa shape index (κ3) is 11.6. The lowest BCUT2D eigenvalue weighted by atomic mass is 10.1. The average Bonchev–Trinajstić information content (AvgIpc) is 3.74. The Labute approximate surface area is 394 Å². The second-order valence-corrected chi connectivity index (χ2v) is 15.4. The number of hydrogen-bond donors (Lipinski definition) is 3. The molecule has 9 rings (SSSR count). The fourth-order valence-electron chi connectivity index (χ4n) is 7.14.